The van der Waals surface area contributed by atoms with Gasteiger partial charge in [-0.1, -0.05) is 0 Å². The van der Waals surface area contributed by atoms with Gasteiger partial charge in [0.05, 0.1) is 13.2 Å². The Morgan fingerprint density at radius 3 is 1.45 bits per heavy atom. The molecule has 12 nitrogen and oxygen atoms in total. The number of alkyl halides is 17. The molecule has 0 unspecified atom stereocenters. The highest BCUT2D eigenvalue weighted by molar-refractivity contribution is 5.81. The number of carbonyl (C=O) groups excluding carboxylic acids is 1. The Hall–Kier alpha value is -2.12. The van der Waals surface area contributed by atoms with Crippen molar-refractivity contribution in [2.24, 2.45) is 0 Å². The van der Waals surface area contributed by atoms with Crippen molar-refractivity contribution in [2.45, 2.75) is 103 Å². The molecule has 49 heavy (non-hydrogen) atoms. The monoisotopic (exact) mass is 775 g/mol. The highest BCUT2D eigenvalue weighted by Gasteiger charge is 2.95. The van der Waals surface area contributed by atoms with Gasteiger partial charge in [-0.3, -0.25) is 10.1 Å². The minimum Gasteiger partial charge on any atom is -0.394 e. The topological polar surface area (TPSA) is 209 Å². The van der Waals surface area contributed by atoms with Crippen LogP contribution >= 0.6 is 0 Å². The molecule has 292 valence electrons. The summed E-state index contributed by atoms with van der Waals surface area (Å²) in [7, 11) is 0. The first-order valence-corrected chi connectivity index (χ1v) is 12.2. The summed E-state index contributed by atoms with van der Waals surface area (Å²) in [6.45, 7) is -2.87. The summed E-state index contributed by atoms with van der Waals surface area (Å²) in [6, 6.07) is -7.54. The third-order valence-corrected chi connectivity index (χ3v) is 6.64. The average molecular weight is 775 g/mol. The molecule has 0 radical (unpaired) electrons. The molecule has 29 heteroatoms. The van der Waals surface area contributed by atoms with E-state index in [1.54, 1.807) is 0 Å². The third kappa shape index (κ3) is 7.32. The van der Waals surface area contributed by atoms with Crippen LogP contribution in [0.25, 0.3) is 0 Å². The third-order valence-electron chi connectivity index (χ3n) is 6.64. The number of rotatable bonds is 15. The van der Waals surface area contributed by atoms with E-state index in [-0.39, 0.29) is 0 Å². The molecular formula is C20H22F17NO11. The number of hydrogen-bond acceptors (Lipinski definition) is 11. The minimum absolute atomic E-state index is 0.739. The van der Waals surface area contributed by atoms with Crippen LogP contribution in [0.4, 0.5) is 74.6 Å². The standard InChI is InChI=1S/C20H22F17NO11/c21-13(22,15(25,26)17(29,30)19(33,34)35)14(23,24)16(27,28)18(31,32)20(36,37)38-11(47)8(45)7(44)10(3(41)1-39)49-12-9(46)6(43)5(42)4(2-40)48-12/h3-10,12,39-46H,1-2H2,(H,38,47)/t3-,4-,5+,6+,7-,8-,9-,10-,12+/m1/s1. The molecular weight excluding hydrogens is 753 g/mol. The maximum atomic E-state index is 14.1. The van der Waals surface area contributed by atoms with E-state index in [1.165, 1.54) is 0 Å². The fraction of sp³-hybridized carbons (Fsp3) is 0.950. The van der Waals surface area contributed by atoms with Crippen molar-refractivity contribution in [3.63, 3.8) is 0 Å². The molecule has 0 aromatic heterocycles. The molecule has 0 spiro atoms. The van der Waals surface area contributed by atoms with Gasteiger partial charge in [-0.15, -0.1) is 0 Å². The first-order chi connectivity index (χ1) is 21.6. The minimum atomic E-state index is -8.98. The van der Waals surface area contributed by atoms with Crippen LogP contribution in [0.5, 0.6) is 0 Å². The molecule has 9 atom stereocenters. The number of ether oxygens (including phenoxy) is 2. The van der Waals surface area contributed by atoms with Crippen molar-refractivity contribution in [2.75, 3.05) is 13.2 Å². The lowest BCUT2D eigenvalue weighted by Crippen LogP contribution is -2.76. The fourth-order valence-electron chi connectivity index (χ4n) is 3.64. The Labute approximate surface area is 258 Å². The van der Waals surface area contributed by atoms with Crippen molar-refractivity contribution >= 4 is 5.91 Å². The molecule has 1 aliphatic heterocycles. The lowest BCUT2D eigenvalue weighted by molar-refractivity contribution is -0.462. The lowest BCUT2D eigenvalue weighted by atomic mass is 9.90. The van der Waals surface area contributed by atoms with E-state index in [0.717, 1.165) is 0 Å². The van der Waals surface area contributed by atoms with Gasteiger partial charge < -0.3 is 50.3 Å². The summed E-state index contributed by atoms with van der Waals surface area (Å²) in [5.41, 5.74) is 0. The van der Waals surface area contributed by atoms with Crippen LogP contribution in [-0.2, 0) is 14.3 Å². The summed E-state index contributed by atoms with van der Waals surface area (Å²) in [4.78, 5) is 11.9. The summed E-state index contributed by atoms with van der Waals surface area (Å²) >= 11 is 0. The zero-order chi connectivity index (χ0) is 39.3. The van der Waals surface area contributed by atoms with Crippen LogP contribution in [-0.4, -0.2) is 163 Å². The Morgan fingerprint density at radius 2 is 1.06 bits per heavy atom. The molecule has 0 bridgehead atoms. The van der Waals surface area contributed by atoms with Gasteiger partial charge in [0.1, 0.15) is 42.7 Å². The van der Waals surface area contributed by atoms with Gasteiger partial charge in [-0.05, 0) is 0 Å². The molecule has 1 amide bonds. The zero-order valence-electron chi connectivity index (χ0n) is 22.8. The number of amides is 1. The van der Waals surface area contributed by atoms with Crippen molar-refractivity contribution in [1.82, 2.24) is 5.32 Å². The lowest BCUT2D eigenvalue weighted by Gasteiger charge is -2.43. The molecule has 9 N–H and O–H groups in total. The Bertz CT molecular complexity index is 1140. The first-order valence-electron chi connectivity index (χ1n) is 12.2. The summed E-state index contributed by atoms with van der Waals surface area (Å²) in [6.07, 6.45) is -32.3. The average Bonchev–Trinajstić information content (AvgIpc) is 2.96. The van der Waals surface area contributed by atoms with E-state index < -0.39 is 127 Å². The Morgan fingerprint density at radius 1 is 0.653 bits per heavy atom. The highest BCUT2D eigenvalue weighted by Crippen LogP contribution is 2.63. The second-order valence-corrected chi connectivity index (χ2v) is 9.99. The normalized spacial score (nSPS) is 26.6. The number of aliphatic hydroxyl groups excluding tert-OH is 8. The summed E-state index contributed by atoms with van der Waals surface area (Å²) in [5, 5.41) is 76.5. The predicted molar refractivity (Wildman–Crippen MR) is 113 cm³/mol. The predicted octanol–water partition coefficient (Wildman–Crippen LogP) is -0.670. The van der Waals surface area contributed by atoms with Crippen molar-refractivity contribution < 1.29 is 130 Å². The van der Waals surface area contributed by atoms with Gasteiger partial charge in [0.25, 0.3) is 5.91 Å². The van der Waals surface area contributed by atoms with E-state index in [9.17, 15) is 110 Å². The van der Waals surface area contributed by atoms with Gasteiger partial charge in [0.15, 0.2) is 12.4 Å². The summed E-state index contributed by atoms with van der Waals surface area (Å²) < 4.78 is 237. The van der Waals surface area contributed by atoms with Gasteiger partial charge in [-0.25, -0.2) is 0 Å². The van der Waals surface area contributed by atoms with Crippen LogP contribution < -0.4 is 5.32 Å². The first kappa shape index (κ1) is 44.9. The second kappa shape index (κ2) is 14.1. The quantitative estimate of drug-likeness (QED) is 0.0753. The molecule has 0 aliphatic carbocycles. The van der Waals surface area contributed by atoms with Crippen LogP contribution in [0.15, 0.2) is 0 Å². The van der Waals surface area contributed by atoms with Crippen LogP contribution in [0, 0.1) is 0 Å². The van der Waals surface area contributed by atoms with E-state index in [4.69, 9.17) is 14.9 Å². The van der Waals surface area contributed by atoms with Gasteiger partial charge in [0, 0.05) is 0 Å². The maximum absolute atomic E-state index is 14.1. The summed E-state index contributed by atoms with van der Waals surface area (Å²) in [5.74, 6) is -55.7. The van der Waals surface area contributed by atoms with E-state index in [2.05, 4.69) is 4.74 Å². The maximum Gasteiger partial charge on any atom is 0.460 e. The molecule has 0 saturated carbocycles. The molecule has 1 heterocycles. The fourth-order valence-corrected chi connectivity index (χ4v) is 3.64. The number of halogens is 17. The molecule has 0 aromatic carbocycles. The number of nitrogens with one attached hydrogen (secondary N) is 1. The van der Waals surface area contributed by atoms with Crippen molar-refractivity contribution in [3.8, 4) is 0 Å². The largest absolute Gasteiger partial charge is 0.460 e. The smallest absolute Gasteiger partial charge is 0.394 e. The van der Waals surface area contributed by atoms with Crippen LogP contribution in [0.1, 0.15) is 0 Å². The van der Waals surface area contributed by atoms with E-state index >= 15 is 0 Å². The van der Waals surface area contributed by atoms with Crippen molar-refractivity contribution in [1.29, 1.82) is 0 Å². The Balaban J connectivity index is 3.44. The highest BCUT2D eigenvalue weighted by atomic mass is 19.4. The van der Waals surface area contributed by atoms with Crippen molar-refractivity contribution in [3.05, 3.63) is 0 Å². The van der Waals surface area contributed by atoms with E-state index in [0.29, 0.717) is 0 Å². The molecule has 1 aliphatic rings. The number of hydrogen-bond donors (Lipinski definition) is 9. The SMILES string of the molecule is O=C(NC(F)(F)C(F)(F)C(F)(F)C(F)(F)C(F)(F)C(F)(F)C(F)(F)C(F)(F)F)[C@H](O)[C@@H](O)[C@H](O[C@@H]1O[C@H](CO)[C@H](O)[C@H](O)[C@H]1O)[C@H](O)CO. The van der Waals surface area contributed by atoms with Gasteiger partial charge in [0.2, 0.25) is 0 Å². The Kier molecular flexibility index (Phi) is 12.9. The molecule has 1 saturated heterocycles. The van der Waals surface area contributed by atoms with Gasteiger partial charge >= 0.3 is 47.8 Å². The van der Waals surface area contributed by atoms with Crippen LogP contribution in [0.2, 0.25) is 0 Å². The number of carbonyl (C=O) groups is 1. The molecule has 1 fully saturated rings. The number of aliphatic hydroxyl groups is 8. The van der Waals surface area contributed by atoms with E-state index in [1.807, 2.05) is 0 Å². The second-order valence-electron chi connectivity index (χ2n) is 9.99. The molecule has 1 rings (SSSR count). The van der Waals surface area contributed by atoms with Crippen LogP contribution in [0.3, 0.4) is 0 Å². The van der Waals surface area contributed by atoms with Gasteiger partial charge in [-0.2, -0.15) is 74.6 Å². The molecule has 0 aromatic rings. The zero-order valence-corrected chi connectivity index (χ0v) is 22.8.